The van der Waals surface area contributed by atoms with Crippen molar-refractivity contribution in [2.75, 3.05) is 19.6 Å². The normalized spacial score (nSPS) is 15.8. The van der Waals surface area contributed by atoms with Crippen LogP contribution in [0.3, 0.4) is 0 Å². The standard InChI is InChI=1S/C26H34N2O4/c29-19-21-10-6-12-23(17-21)22-11-5-9-20(16-22)8-3-1-2-4-14-27-18-25(30)28-15-7-13-24(28)26(31)32/h5-6,9-12,16-17,24,27,29H,1-4,7-8,13-15,18-19H2,(H,31,32). The van der Waals surface area contributed by atoms with E-state index in [0.717, 1.165) is 56.2 Å². The number of carboxylic acid groups (broad SMARTS) is 1. The van der Waals surface area contributed by atoms with Crippen molar-refractivity contribution in [3.8, 4) is 11.1 Å². The highest BCUT2D eigenvalue weighted by molar-refractivity contribution is 5.85. The molecule has 2 aromatic carbocycles. The van der Waals surface area contributed by atoms with Crippen LogP contribution in [-0.2, 0) is 22.6 Å². The number of likely N-dealkylation sites (tertiary alicyclic amines) is 1. The summed E-state index contributed by atoms with van der Waals surface area (Å²) < 4.78 is 0. The van der Waals surface area contributed by atoms with Gasteiger partial charge in [-0.05, 0) is 67.0 Å². The van der Waals surface area contributed by atoms with Crippen LogP contribution in [0.1, 0.15) is 49.7 Å². The third-order valence-corrected chi connectivity index (χ3v) is 6.07. The third kappa shape index (κ3) is 6.90. The predicted octanol–water partition coefficient (Wildman–Crippen LogP) is 3.61. The van der Waals surface area contributed by atoms with Crippen molar-refractivity contribution in [3.05, 3.63) is 59.7 Å². The van der Waals surface area contributed by atoms with E-state index in [9.17, 15) is 19.8 Å². The summed E-state index contributed by atoms with van der Waals surface area (Å²) in [7, 11) is 0. The van der Waals surface area contributed by atoms with E-state index in [1.807, 2.05) is 18.2 Å². The van der Waals surface area contributed by atoms with E-state index in [4.69, 9.17) is 0 Å². The number of carboxylic acids is 1. The minimum atomic E-state index is -0.903. The molecule has 6 heteroatoms. The van der Waals surface area contributed by atoms with Crippen molar-refractivity contribution in [3.63, 3.8) is 0 Å². The minimum Gasteiger partial charge on any atom is -0.480 e. The number of aliphatic hydroxyl groups is 1. The van der Waals surface area contributed by atoms with E-state index >= 15 is 0 Å². The monoisotopic (exact) mass is 438 g/mol. The van der Waals surface area contributed by atoms with Gasteiger partial charge in [0.2, 0.25) is 5.91 Å². The minimum absolute atomic E-state index is 0.0532. The summed E-state index contributed by atoms with van der Waals surface area (Å²) >= 11 is 0. The number of hydrogen-bond donors (Lipinski definition) is 3. The Morgan fingerprint density at radius 3 is 2.38 bits per heavy atom. The van der Waals surface area contributed by atoms with Crippen molar-refractivity contribution >= 4 is 11.9 Å². The number of hydrogen-bond acceptors (Lipinski definition) is 4. The third-order valence-electron chi connectivity index (χ3n) is 6.07. The highest BCUT2D eigenvalue weighted by atomic mass is 16.4. The van der Waals surface area contributed by atoms with Crippen LogP contribution in [0, 0.1) is 0 Å². The van der Waals surface area contributed by atoms with Gasteiger partial charge in [-0.1, -0.05) is 55.3 Å². The first kappa shape index (κ1) is 24.0. The first-order valence-corrected chi connectivity index (χ1v) is 11.6. The molecule has 0 aliphatic carbocycles. The Hall–Kier alpha value is -2.70. The number of amides is 1. The molecule has 1 heterocycles. The lowest BCUT2D eigenvalue weighted by molar-refractivity contribution is -0.147. The molecule has 0 spiro atoms. The van der Waals surface area contributed by atoms with Crippen LogP contribution in [-0.4, -0.2) is 52.7 Å². The molecule has 1 fully saturated rings. The average molecular weight is 439 g/mol. The average Bonchev–Trinajstić information content (AvgIpc) is 3.31. The zero-order valence-electron chi connectivity index (χ0n) is 18.6. The molecule has 172 valence electrons. The lowest BCUT2D eigenvalue weighted by Crippen LogP contribution is -2.44. The Kier molecular flexibility index (Phi) is 9.26. The number of aliphatic carboxylic acids is 1. The van der Waals surface area contributed by atoms with Gasteiger partial charge in [-0.25, -0.2) is 4.79 Å². The summed E-state index contributed by atoms with van der Waals surface area (Å²) in [6.45, 7) is 1.59. The number of unbranched alkanes of at least 4 members (excludes halogenated alkanes) is 3. The van der Waals surface area contributed by atoms with Gasteiger partial charge in [0, 0.05) is 6.54 Å². The lowest BCUT2D eigenvalue weighted by atomic mass is 9.99. The molecule has 1 atom stereocenters. The first-order valence-electron chi connectivity index (χ1n) is 11.6. The van der Waals surface area contributed by atoms with Gasteiger partial charge < -0.3 is 20.4 Å². The summed E-state index contributed by atoms with van der Waals surface area (Å²) in [5.74, 6) is -1.01. The van der Waals surface area contributed by atoms with Gasteiger partial charge in [0.25, 0.3) is 0 Å². The lowest BCUT2D eigenvalue weighted by Gasteiger charge is -2.21. The Morgan fingerprint density at radius 2 is 1.66 bits per heavy atom. The van der Waals surface area contributed by atoms with E-state index in [-0.39, 0.29) is 19.1 Å². The molecule has 3 N–H and O–H groups in total. The van der Waals surface area contributed by atoms with E-state index in [1.54, 1.807) is 0 Å². The molecular weight excluding hydrogens is 404 g/mol. The van der Waals surface area contributed by atoms with E-state index in [0.29, 0.717) is 13.0 Å². The molecule has 1 aliphatic rings. The van der Waals surface area contributed by atoms with Crippen LogP contribution in [0.15, 0.2) is 48.5 Å². The fourth-order valence-corrected chi connectivity index (χ4v) is 4.31. The summed E-state index contributed by atoms with van der Waals surface area (Å²) in [4.78, 5) is 24.9. The zero-order chi connectivity index (χ0) is 22.8. The Labute approximate surface area is 190 Å². The van der Waals surface area contributed by atoms with Crippen LogP contribution in [0.2, 0.25) is 0 Å². The zero-order valence-corrected chi connectivity index (χ0v) is 18.6. The number of benzene rings is 2. The van der Waals surface area contributed by atoms with Crippen molar-refractivity contribution in [2.24, 2.45) is 0 Å². The molecule has 3 rings (SSSR count). The van der Waals surface area contributed by atoms with Crippen molar-refractivity contribution < 1.29 is 19.8 Å². The molecule has 0 aromatic heterocycles. The van der Waals surface area contributed by atoms with Crippen LogP contribution in [0.4, 0.5) is 0 Å². The number of nitrogens with zero attached hydrogens (tertiary/aromatic N) is 1. The maximum atomic E-state index is 12.2. The highest BCUT2D eigenvalue weighted by Crippen LogP contribution is 2.22. The maximum Gasteiger partial charge on any atom is 0.326 e. The van der Waals surface area contributed by atoms with Gasteiger partial charge >= 0.3 is 5.97 Å². The van der Waals surface area contributed by atoms with Gasteiger partial charge in [0.1, 0.15) is 6.04 Å². The van der Waals surface area contributed by atoms with Gasteiger partial charge in [-0.2, -0.15) is 0 Å². The van der Waals surface area contributed by atoms with Gasteiger partial charge in [-0.3, -0.25) is 4.79 Å². The van der Waals surface area contributed by atoms with Gasteiger partial charge in [0.15, 0.2) is 0 Å². The van der Waals surface area contributed by atoms with Crippen molar-refractivity contribution in [1.29, 1.82) is 0 Å². The number of rotatable bonds is 12. The Bertz CT molecular complexity index is 899. The predicted molar refractivity (Wildman–Crippen MR) is 125 cm³/mol. The van der Waals surface area contributed by atoms with E-state index < -0.39 is 12.0 Å². The fraction of sp³-hybridized carbons (Fsp3) is 0.462. The quantitative estimate of drug-likeness (QED) is 0.441. The smallest absolute Gasteiger partial charge is 0.326 e. The molecule has 1 aliphatic heterocycles. The Morgan fingerprint density at radius 1 is 0.969 bits per heavy atom. The molecule has 1 amide bonds. The topological polar surface area (TPSA) is 89.9 Å². The molecule has 1 unspecified atom stereocenters. The highest BCUT2D eigenvalue weighted by Gasteiger charge is 2.33. The number of aryl methyl sites for hydroxylation is 1. The summed E-state index contributed by atoms with van der Waals surface area (Å²) in [6, 6.07) is 15.9. The molecule has 0 bridgehead atoms. The van der Waals surface area contributed by atoms with Crippen LogP contribution in [0.5, 0.6) is 0 Å². The fourth-order valence-electron chi connectivity index (χ4n) is 4.31. The summed E-state index contributed by atoms with van der Waals surface area (Å²) in [6.07, 6.45) is 6.70. The SMILES string of the molecule is O=C(O)C1CCCN1C(=O)CNCCCCCCc1cccc(-c2cccc(CO)c2)c1. The van der Waals surface area contributed by atoms with Crippen molar-refractivity contribution in [2.45, 2.75) is 57.6 Å². The van der Waals surface area contributed by atoms with E-state index in [2.05, 4.69) is 35.6 Å². The summed E-state index contributed by atoms with van der Waals surface area (Å²) in [5.41, 5.74) is 4.54. The number of carbonyl (C=O) groups excluding carboxylic acids is 1. The number of nitrogens with one attached hydrogen (secondary N) is 1. The van der Waals surface area contributed by atoms with Crippen LogP contribution < -0.4 is 5.32 Å². The largest absolute Gasteiger partial charge is 0.480 e. The molecule has 32 heavy (non-hydrogen) atoms. The molecule has 1 saturated heterocycles. The number of carbonyl (C=O) groups is 2. The molecule has 0 saturated carbocycles. The van der Waals surface area contributed by atoms with Crippen LogP contribution >= 0.6 is 0 Å². The second kappa shape index (κ2) is 12.4. The molecule has 2 aromatic rings. The molecular formula is C26H34N2O4. The maximum absolute atomic E-state index is 12.2. The molecule has 0 radical (unpaired) electrons. The Balaban J connectivity index is 1.31. The van der Waals surface area contributed by atoms with Crippen molar-refractivity contribution in [1.82, 2.24) is 10.2 Å². The van der Waals surface area contributed by atoms with Gasteiger partial charge in [0.05, 0.1) is 13.2 Å². The molecule has 6 nitrogen and oxygen atoms in total. The second-order valence-electron chi connectivity index (χ2n) is 8.48. The van der Waals surface area contributed by atoms with Crippen LogP contribution in [0.25, 0.3) is 11.1 Å². The first-order chi connectivity index (χ1) is 15.6. The second-order valence-corrected chi connectivity index (χ2v) is 8.48. The van der Waals surface area contributed by atoms with E-state index in [1.165, 1.54) is 16.0 Å². The summed E-state index contributed by atoms with van der Waals surface area (Å²) in [5, 5.41) is 21.7. The number of aliphatic hydroxyl groups excluding tert-OH is 1. The van der Waals surface area contributed by atoms with Gasteiger partial charge in [-0.15, -0.1) is 0 Å².